The molecule has 3 atom stereocenters. The van der Waals surface area contributed by atoms with Crippen LogP contribution < -0.4 is 5.32 Å². The topological polar surface area (TPSA) is 15.3 Å². The number of likely N-dealkylation sites (N-methyl/N-ethyl adjacent to an activating group) is 1. The number of hydrogen-bond acceptors (Lipinski definition) is 2. The van der Waals surface area contributed by atoms with Crippen molar-refractivity contribution in [2.24, 2.45) is 0 Å². The zero-order valence-corrected chi connectivity index (χ0v) is 14.7. The molecule has 1 heterocycles. The quantitative estimate of drug-likeness (QED) is 0.776. The molecule has 122 valence electrons. The molecule has 2 nitrogen and oxygen atoms in total. The number of allylic oxidation sites excluding steroid dienone is 1. The molecule has 2 rings (SSSR count). The highest BCUT2D eigenvalue weighted by Crippen LogP contribution is 2.29. The number of hydrogen-bond donors (Lipinski definition) is 1. The van der Waals surface area contributed by atoms with Crippen molar-refractivity contribution >= 4 is 0 Å². The molecule has 22 heavy (non-hydrogen) atoms. The standard InChI is InChI=1S/C20H32N2/c1-5-6-12-18-15-22(4)19(14-13-16(2)3)20(21-18)17-10-8-7-9-11-17/h7-11,13,18-21H,5-6,12,14-15H2,1-4H3/t18-,19-,20-/m1/s1. The Bertz CT molecular complexity index is 462. The Hall–Kier alpha value is -1.12. The van der Waals surface area contributed by atoms with Crippen molar-refractivity contribution in [3.05, 3.63) is 47.5 Å². The Morgan fingerprint density at radius 2 is 2.00 bits per heavy atom. The van der Waals surface area contributed by atoms with Gasteiger partial charge in [-0.05, 0) is 39.3 Å². The summed E-state index contributed by atoms with van der Waals surface area (Å²) in [7, 11) is 2.29. The molecule has 2 heteroatoms. The molecule has 1 aromatic carbocycles. The van der Waals surface area contributed by atoms with Gasteiger partial charge in [-0.15, -0.1) is 0 Å². The Morgan fingerprint density at radius 3 is 2.64 bits per heavy atom. The molecule has 0 aliphatic carbocycles. The molecule has 0 aromatic heterocycles. The van der Waals surface area contributed by atoms with Gasteiger partial charge in [0.2, 0.25) is 0 Å². The van der Waals surface area contributed by atoms with E-state index in [2.05, 4.69) is 74.4 Å². The van der Waals surface area contributed by atoms with Crippen LogP contribution >= 0.6 is 0 Å². The second-order valence-corrected chi connectivity index (χ2v) is 6.92. The first kappa shape index (κ1) is 17.2. The highest BCUT2D eigenvalue weighted by molar-refractivity contribution is 5.22. The molecular weight excluding hydrogens is 268 g/mol. The molecule has 1 aliphatic heterocycles. The second-order valence-electron chi connectivity index (χ2n) is 6.92. The summed E-state index contributed by atoms with van der Waals surface area (Å²) in [4.78, 5) is 2.56. The molecule has 0 amide bonds. The minimum atomic E-state index is 0.428. The maximum Gasteiger partial charge on any atom is 0.0483 e. The van der Waals surface area contributed by atoms with E-state index < -0.39 is 0 Å². The van der Waals surface area contributed by atoms with Crippen LogP contribution in [-0.4, -0.2) is 30.6 Å². The number of piperazine rings is 1. The fourth-order valence-electron chi connectivity index (χ4n) is 3.43. The van der Waals surface area contributed by atoms with Gasteiger partial charge in [-0.1, -0.05) is 61.7 Å². The van der Waals surface area contributed by atoms with E-state index in [1.807, 2.05) is 0 Å². The molecule has 1 aromatic rings. The molecule has 0 unspecified atom stereocenters. The largest absolute Gasteiger partial charge is 0.305 e. The minimum absolute atomic E-state index is 0.428. The van der Waals surface area contributed by atoms with Crippen LogP contribution in [0.2, 0.25) is 0 Å². The lowest BCUT2D eigenvalue weighted by atomic mass is 9.90. The number of unbranched alkanes of at least 4 members (excludes halogenated alkanes) is 1. The third-order valence-corrected chi connectivity index (χ3v) is 4.71. The molecule has 1 aliphatic rings. The van der Waals surface area contributed by atoms with Crippen LogP contribution in [0, 0.1) is 0 Å². The molecule has 0 radical (unpaired) electrons. The predicted octanol–water partition coefficient (Wildman–Crippen LogP) is 4.55. The maximum absolute atomic E-state index is 3.94. The predicted molar refractivity (Wildman–Crippen MR) is 96.1 cm³/mol. The van der Waals surface area contributed by atoms with Gasteiger partial charge in [0.25, 0.3) is 0 Å². The van der Waals surface area contributed by atoms with E-state index in [0.29, 0.717) is 18.1 Å². The number of rotatable bonds is 6. The lowest BCUT2D eigenvalue weighted by Gasteiger charge is -2.44. The van der Waals surface area contributed by atoms with E-state index in [-0.39, 0.29) is 0 Å². The van der Waals surface area contributed by atoms with Crippen molar-refractivity contribution in [1.29, 1.82) is 0 Å². The zero-order chi connectivity index (χ0) is 15.9. The molecular formula is C20H32N2. The lowest BCUT2D eigenvalue weighted by Crippen LogP contribution is -2.56. The summed E-state index contributed by atoms with van der Waals surface area (Å²) >= 11 is 0. The first-order valence-electron chi connectivity index (χ1n) is 8.76. The average Bonchev–Trinajstić information content (AvgIpc) is 2.52. The van der Waals surface area contributed by atoms with Crippen LogP contribution in [0.4, 0.5) is 0 Å². The van der Waals surface area contributed by atoms with Crippen molar-refractivity contribution in [2.45, 2.75) is 64.6 Å². The summed E-state index contributed by atoms with van der Waals surface area (Å²) in [5.74, 6) is 0. The van der Waals surface area contributed by atoms with Crippen molar-refractivity contribution in [3.8, 4) is 0 Å². The summed E-state index contributed by atoms with van der Waals surface area (Å²) in [6.45, 7) is 7.82. The van der Waals surface area contributed by atoms with Crippen LogP contribution in [0.1, 0.15) is 58.1 Å². The van der Waals surface area contributed by atoms with Gasteiger partial charge in [0.05, 0.1) is 0 Å². The molecule has 1 fully saturated rings. The number of benzene rings is 1. The van der Waals surface area contributed by atoms with E-state index in [1.54, 1.807) is 0 Å². The first-order chi connectivity index (χ1) is 10.6. The van der Waals surface area contributed by atoms with E-state index >= 15 is 0 Å². The van der Waals surface area contributed by atoms with Crippen molar-refractivity contribution in [1.82, 2.24) is 10.2 Å². The second kappa shape index (κ2) is 8.50. The third kappa shape index (κ3) is 4.69. The number of nitrogens with zero attached hydrogens (tertiary/aromatic N) is 1. The highest BCUT2D eigenvalue weighted by atomic mass is 15.2. The Balaban J connectivity index is 2.17. The smallest absolute Gasteiger partial charge is 0.0483 e. The summed E-state index contributed by atoms with van der Waals surface area (Å²) in [6, 6.07) is 12.5. The van der Waals surface area contributed by atoms with E-state index in [0.717, 1.165) is 13.0 Å². The van der Waals surface area contributed by atoms with Crippen LogP contribution in [-0.2, 0) is 0 Å². The van der Waals surface area contributed by atoms with Gasteiger partial charge < -0.3 is 5.32 Å². The van der Waals surface area contributed by atoms with Crippen LogP contribution in [0.25, 0.3) is 0 Å². The summed E-state index contributed by atoms with van der Waals surface area (Å²) < 4.78 is 0. The highest BCUT2D eigenvalue weighted by Gasteiger charge is 2.33. The Kier molecular flexibility index (Phi) is 6.66. The molecule has 0 saturated carbocycles. The fraction of sp³-hybridized carbons (Fsp3) is 0.600. The normalized spacial score (nSPS) is 25.9. The van der Waals surface area contributed by atoms with Gasteiger partial charge in [-0.2, -0.15) is 0 Å². The van der Waals surface area contributed by atoms with E-state index in [4.69, 9.17) is 0 Å². The van der Waals surface area contributed by atoms with Gasteiger partial charge in [-0.25, -0.2) is 0 Å². The lowest BCUT2D eigenvalue weighted by molar-refractivity contribution is 0.112. The summed E-state index contributed by atoms with van der Waals surface area (Å²) in [6.07, 6.45) is 7.36. The van der Waals surface area contributed by atoms with Crippen LogP contribution in [0.15, 0.2) is 42.0 Å². The Labute approximate surface area is 136 Å². The maximum atomic E-state index is 3.94. The van der Waals surface area contributed by atoms with Gasteiger partial charge >= 0.3 is 0 Å². The SMILES string of the molecule is CCCC[C@@H]1CN(C)[C@H](CC=C(C)C)[C@@H](c2ccccc2)N1. The average molecular weight is 300 g/mol. The van der Waals surface area contributed by atoms with Gasteiger partial charge in [0, 0.05) is 24.7 Å². The molecule has 1 N–H and O–H groups in total. The van der Waals surface area contributed by atoms with E-state index in [9.17, 15) is 0 Å². The van der Waals surface area contributed by atoms with E-state index in [1.165, 1.54) is 30.4 Å². The summed E-state index contributed by atoms with van der Waals surface area (Å²) in [5.41, 5.74) is 2.83. The van der Waals surface area contributed by atoms with Gasteiger partial charge in [0.15, 0.2) is 0 Å². The third-order valence-electron chi connectivity index (χ3n) is 4.71. The molecule has 0 bridgehead atoms. The van der Waals surface area contributed by atoms with Gasteiger partial charge in [0.1, 0.15) is 0 Å². The monoisotopic (exact) mass is 300 g/mol. The van der Waals surface area contributed by atoms with Crippen molar-refractivity contribution in [2.75, 3.05) is 13.6 Å². The van der Waals surface area contributed by atoms with Crippen LogP contribution in [0.5, 0.6) is 0 Å². The van der Waals surface area contributed by atoms with Crippen LogP contribution in [0.3, 0.4) is 0 Å². The number of nitrogens with one attached hydrogen (secondary N) is 1. The minimum Gasteiger partial charge on any atom is -0.305 e. The fourth-order valence-corrected chi connectivity index (χ4v) is 3.43. The molecule has 1 saturated heterocycles. The van der Waals surface area contributed by atoms with Crippen molar-refractivity contribution < 1.29 is 0 Å². The first-order valence-corrected chi connectivity index (χ1v) is 8.76. The van der Waals surface area contributed by atoms with Crippen molar-refractivity contribution in [3.63, 3.8) is 0 Å². The summed E-state index contributed by atoms with van der Waals surface area (Å²) in [5, 5.41) is 3.94. The Morgan fingerprint density at radius 1 is 1.27 bits per heavy atom. The van der Waals surface area contributed by atoms with Gasteiger partial charge in [-0.3, -0.25) is 4.90 Å². The zero-order valence-electron chi connectivity index (χ0n) is 14.7. The molecule has 0 spiro atoms.